The molecule has 0 bridgehead atoms. The van der Waals surface area contributed by atoms with E-state index in [1.165, 1.54) is 11.6 Å². The van der Waals surface area contributed by atoms with E-state index in [0.717, 1.165) is 5.56 Å². The van der Waals surface area contributed by atoms with Crippen LogP contribution in [0.25, 0.3) is 0 Å². The summed E-state index contributed by atoms with van der Waals surface area (Å²) in [5, 5.41) is 7.58. The number of hydrogen-bond acceptors (Lipinski definition) is 4. The SMILES string of the molecule is CC(C)C[C@@H](NC(=O)[C@@H](C)Oc1ccc(Cl)cc1Cl)C(=O)N/N=C\c1ccc(C(C)(C)C)cc1. The van der Waals surface area contributed by atoms with Crippen LogP contribution in [0.2, 0.25) is 10.0 Å². The zero-order chi connectivity index (χ0) is 25.5. The number of carbonyl (C=O) groups excluding carboxylic acids is 2. The second-order valence-corrected chi connectivity index (χ2v) is 10.5. The number of nitrogens with one attached hydrogen (secondary N) is 2. The zero-order valence-electron chi connectivity index (χ0n) is 20.5. The lowest BCUT2D eigenvalue weighted by Gasteiger charge is -2.22. The molecule has 2 atom stereocenters. The summed E-state index contributed by atoms with van der Waals surface area (Å²) >= 11 is 12.0. The largest absolute Gasteiger partial charge is 0.479 e. The number of hydrazone groups is 1. The lowest BCUT2D eigenvalue weighted by atomic mass is 9.87. The Balaban J connectivity index is 1.99. The highest BCUT2D eigenvalue weighted by Crippen LogP contribution is 2.28. The van der Waals surface area contributed by atoms with Gasteiger partial charge in [0.15, 0.2) is 6.10 Å². The standard InChI is InChI=1S/C26H33Cl2N3O3/c1-16(2)13-22(30-24(32)17(3)34-23-12-11-20(27)14-21(23)28)25(33)31-29-15-18-7-9-19(10-8-18)26(4,5)6/h7-12,14-17,22H,13H2,1-6H3,(H,30,32)(H,31,33)/b29-15-/t17-,22-/m1/s1. The summed E-state index contributed by atoms with van der Waals surface area (Å²) in [4.78, 5) is 25.5. The normalized spacial score (nSPS) is 13.6. The van der Waals surface area contributed by atoms with Crippen molar-refractivity contribution in [2.24, 2.45) is 11.0 Å². The molecule has 2 rings (SSSR count). The first-order chi connectivity index (χ1) is 15.9. The Morgan fingerprint density at radius 3 is 2.24 bits per heavy atom. The Labute approximate surface area is 212 Å². The Morgan fingerprint density at radius 1 is 1.03 bits per heavy atom. The number of nitrogens with zero attached hydrogens (tertiary/aromatic N) is 1. The molecule has 2 N–H and O–H groups in total. The predicted octanol–water partition coefficient (Wildman–Crippen LogP) is 5.74. The van der Waals surface area contributed by atoms with Gasteiger partial charge in [-0.3, -0.25) is 9.59 Å². The average Bonchev–Trinajstić information content (AvgIpc) is 2.74. The monoisotopic (exact) mass is 505 g/mol. The van der Waals surface area contributed by atoms with E-state index < -0.39 is 24.0 Å². The molecule has 0 saturated carbocycles. The van der Waals surface area contributed by atoms with Crippen molar-refractivity contribution >= 4 is 41.2 Å². The fourth-order valence-corrected chi connectivity index (χ4v) is 3.58. The summed E-state index contributed by atoms with van der Waals surface area (Å²) in [6.45, 7) is 12.0. The Hall–Kier alpha value is -2.57. The highest BCUT2D eigenvalue weighted by molar-refractivity contribution is 6.35. The fourth-order valence-electron chi connectivity index (χ4n) is 3.12. The first kappa shape index (κ1) is 27.7. The molecule has 8 heteroatoms. The molecule has 2 aromatic rings. The second-order valence-electron chi connectivity index (χ2n) is 9.63. The maximum absolute atomic E-state index is 12.7. The maximum atomic E-state index is 12.7. The minimum Gasteiger partial charge on any atom is -0.479 e. The highest BCUT2D eigenvalue weighted by Gasteiger charge is 2.25. The first-order valence-corrected chi connectivity index (χ1v) is 12.0. The molecule has 0 aliphatic carbocycles. The van der Waals surface area contributed by atoms with Gasteiger partial charge < -0.3 is 10.1 Å². The van der Waals surface area contributed by atoms with Crippen LogP contribution in [0.3, 0.4) is 0 Å². The summed E-state index contributed by atoms with van der Waals surface area (Å²) < 4.78 is 5.66. The molecule has 34 heavy (non-hydrogen) atoms. The van der Waals surface area contributed by atoms with Gasteiger partial charge in [-0.2, -0.15) is 5.10 Å². The van der Waals surface area contributed by atoms with Gasteiger partial charge in [0.05, 0.1) is 11.2 Å². The smallest absolute Gasteiger partial charge is 0.262 e. The summed E-state index contributed by atoms with van der Waals surface area (Å²) in [6.07, 6.45) is 1.15. The second kappa shape index (κ2) is 12.2. The van der Waals surface area contributed by atoms with E-state index in [1.54, 1.807) is 25.3 Å². The highest BCUT2D eigenvalue weighted by atomic mass is 35.5. The van der Waals surface area contributed by atoms with Crippen LogP contribution in [-0.4, -0.2) is 30.2 Å². The van der Waals surface area contributed by atoms with Crippen LogP contribution in [0, 0.1) is 5.92 Å². The van der Waals surface area contributed by atoms with Crippen molar-refractivity contribution in [2.75, 3.05) is 0 Å². The van der Waals surface area contributed by atoms with Gasteiger partial charge in [0.1, 0.15) is 11.8 Å². The molecule has 0 fully saturated rings. The third-order valence-electron chi connectivity index (χ3n) is 5.07. The molecule has 2 amide bonds. The van der Waals surface area contributed by atoms with Crippen LogP contribution in [0.4, 0.5) is 0 Å². The van der Waals surface area contributed by atoms with Crippen molar-refractivity contribution in [2.45, 2.75) is 65.5 Å². The molecule has 2 aromatic carbocycles. The molecule has 0 spiro atoms. The van der Waals surface area contributed by atoms with Crippen molar-refractivity contribution < 1.29 is 14.3 Å². The topological polar surface area (TPSA) is 79.8 Å². The molecule has 0 radical (unpaired) electrons. The molecular weight excluding hydrogens is 473 g/mol. The molecule has 0 heterocycles. The van der Waals surface area contributed by atoms with Crippen LogP contribution < -0.4 is 15.5 Å². The lowest BCUT2D eigenvalue weighted by molar-refractivity contribution is -0.132. The Morgan fingerprint density at radius 2 is 1.68 bits per heavy atom. The van der Waals surface area contributed by atoms with E-state index in [0.29, 0.717) is 22.2 Å². The summed E-state index contributed by atoms with van der Waals surface area (Å²) in [6, 6.07) is 12.0. The van der Waals surface area contributed by atoms with Crippen LogP contribution in [-0.2, 0) is 15.0 Å². The summed E-state index contributed by atoms with van der Waals surface area (Å²) in [5.41, 5.74) is 4.66. The van der Waals surface area contributed by atoms with E-state index in [9.17, 15) is 9.59 Å². The minimum atomic E-state index is -0.869. The third kappa shape index (κ3) is 8.65. The average molecular weight is 506 g/mol. The van der Waals surface area contributed by atoms with Gasteiger partial charge in [-0.05, 0) is 54.0 Å². The zero-order valence-corrected chi connectivity index (χ0v) is 22.0. The fraction of sp³-hybridized carbons (Fsp3) is 0.423. The molecule has 0 unspecified atom stereocenters. The maximum Gasteiger partial charge on any atom is 0.262 e. The number of benzene rings is 2. The van der Waals surface area contributed by atoms with Crippen LogP contribution in [0.1, 0.15) is 59.1 Å². The summed E-state index contributed by atoms with van der Waals surface area (Å²) in [5.74, 6) is -0.331. The molecule has 0 aliphatic rings. The minimum absolute atomic E-state index is 0.0614. The number of ether oxygens (including phenoxy) is 1. The van der Waals surface area contributed by atoms with Crippen molar-refractivity contribution in [1.82, 2.24) is 10.7 Å². The van der Waals surface area contributed by atoms with E-state index in [1.807, 2.05) is 38.1 Å². The molecule has 0 saturated heterocycles. The molecule has 0 aromatic heterocycles. The Bertz CT molecular complexity index is 1010. The molecule has 184 valence electrons. The number of amides is 2. The quantitative estimate of drug-likeness (QED) is 0.336. The number of carbonyl (C=O) groups is 2. The van der Waals surface area contributed by atoms with E-state index in [-0.39, 0.29) is 11.3 Å². The van der Waals surface area contributed by atoms with E-state index >= 15 is 0 Å². The van der Waals surface area contributed by atoms with E-state index in [2.05, 4.69) is 36.6 Å². The van der Waals surface area contributed by atoms with Gasteiger partial charge in [0, 0.05) is 5.02 Å². The predicted molar refractivity (Wildman–Crippen MR) is 139 cm³/mol. The van der Waals surface area contributed by atoms with Crippen LogP contribution >= 0.6 is 23.2 Å². The lowest BCUT2D eigenvalue weighted by Crippen LogP contribution is -2.49. The van der Waals surface area contributed by atoms with Gasteiger partial charge in [-0.15, -0.1) is 0 Å². The number of hydrogen-bond donors (Lipinski definition) is 2. The molecule has 0 aliphatic heterocycles. The van der Waals surface area contributed by atoms with Gasteiger partial charge in [0.25, 0.3) is 11.8 Å². The van der Waals surface area contributed by atoms with Crippen molar-refractivity contribution in [1.29, 1.82) is 0 Å². The third-order valence-corrected chi connectivity index (χ3v) is 5.60. The van der Waals surface area contributed by atoms with Crippen molar-refractivity contribution in [3.05, 3.63) is 63.6 Å². The van der Waals surface area contributed by atoms with Gasteiger partial charge in [-0.1, -0.05) is 82.1 Å². The number of rotatable bonds is 9. The van der Waals surface area contributed by atoms with Gasteiger partial charge in [0.2, 0.25) is 0 Å². The van der Waals surface area contributed by atoms with Crippen LogP contribution in [0.15, 0.2) is 47.6 Å². The van der Waals surface area contributed by atoms with Crippen molar-refractivity contribution in [3.8, 4) is 5.75 Å². The Kier molecular flexibility index (Phi) is 9.95. The number of halogens is 2. The summed E-state index contributed by atoms with van der Waals surface area (Å²) in [7, 11) is 0. The van der Waals surface area contributed by atoms with Gasteiger partial charge >= 0.3 is 0 Å². The van der Waals surface area contributed by atoms with Crippen LogP contribution in [0.5, 0.6) is 5.75 Å². The molecular formula is C26H33Cl2N3O3. The van der Waals surface area contributed by atoms with Gasteiger partial charge in [-0.25, -0.2) is 5.43 Å². The van der Waals surface area contributed by atoms with E-state index in [4.69, 9.17) is 27.9 Å². The first-order valence-electron chi connectivity index (χ1n) is 11.2. The molecule has 6 nitrogen and oxygen atoms in total. The van der Waals surface area contributed by atoms with Crippen molar-refractivity contribution in [3.63, 3.8) is 0 Å².